The first-order valence-corrected chi connectivity index (χ1v) is 9.03. The van der Waals surface area contributed by atoms with Crippen LogP contribution in [0.1, 0.15) is 21.7 Å². The molecule has 0 bridgehead atoms. The first-order valence-electron chi connectivity index (χ1n) is 9.03. The number of amides is 1. The van der Waals surface area contributed by atoms with Crippen LogP contribution >= 0.6 is 0 Å². The van der Waals surface area contributed by atoms with Gasteiger partial charge in [0.25, 0.3) is 5.91 Å². The zero-order valence-corrected chi connectivity index (χ0v) is 15.4. The summed E-state index contributed by atoms with van der Waals surface area (Å²) in [6.07, 6.45) is 0. The first kappa shape index (κ1) is 19.2. The Morgan fingerprint density at radius 1 is 1.26 bits per heavy atom. The predicted octanol–water partition coefficient (Wildman–Crippen LogP) is 1.60. The number of aromatic nitrogens is 2. The highest BCUT2D eigenvalue weighted by atomic mass is 19.1. The second-order valence-electron chi connectivity index (χ2n) is 6.37. The Kier molecular flexibility index (Phi) is 6.67. The van der Waals surface area contributed by atoms with Gasteiger partial charge in [-0.15, -0.1) is 0 Å². The fourth-order valence-corrected chi connectivity index (χ4v) is 2.82. The first-order chi connectivity index (χ1) is 13.1. The van der Waals surface area contributed by atoms with Crippen LogP contribution in [-0.2, 0) is 11.3 Å². The number of ether oxygens (including phenoxy) is 1. The van der Waals surface area contributed by atoms with Gasteiger partial charge < -0.3 is 15.4 Å². The van der Waals surface area contributed by atoms with E-state index in [2.05, 4.69) is 25.5 Å². The van der Waals surface area contributed by atoms with Crippen LogP contribution in [0, 0.1) is 12.7 Å². The van der Waals surface area contributed by atoms with Crippen molar-refractivity contribution in [2.45, 2.75) is 13.5 Å². The topological polar surface area (TPSA) is 79.4 Å². The summed E-state index contributed by atoms with van der Waals surface area (Å²) >= 11 is 0. The number of nitrogens with zero attached hydrogens (tertiary/aromatic N) is 3. The summed E-state index contributed by atoms with van der Waals surface area (Å²) in [6.45, 7) is 6.58. The number of carbonyl (C=O) groups is 1. The monoisotopic (exact) mass is 373 g/mol. The lowest BCUT2D eigenvalue weighted by atomic mass is 10.2. The molecule has 0 aliphatic carbocycles. The van der Waals surface area contributed by atoms with E-state index in [-0.39, 0.29) is 18.3 Å². The van der Waals surface area contributed by atoms with Crippen molar-refractivity contribution in [3.8, 4) is 0 Å². The molecule has 0 atom stereocenters. The number of morpholine rings is 1. The van der Waals surface area contributed by atoms with E-state index in [4.69, 9.17) is 4.74 Å². The lowest BCUT2D eigenvalue weighted by molar-refractivity contribution is 0.0383. The lowest BCUT2D eigenvalue weighted by Gasteiger charge is -2.26. The summed E-state index contributed by atoms with van der Waals surface area (Å²) < 4.78 is 19.0. The van der Waals surface area contributed by atoms with Crippen LogP contribution in [0.4, 0.5) is 10.3 Å². The molecule has 0 unspecified atom stereocenters. The molecule has 8 heteroatoms. The van der Waals surface area contributed by atoms with E-state index in [9.17, 15) is 9.18 Å². The molecule has 3 rings (SSSR count). The Labute approximate surface area is 158 Å². The fraction of sp³-hybridized carbons (Fsp3) is 0.421. The van der Waals surface area contributed by atoms with E-state index < -0.39 is 0 Å². The molecule has 2 aromatic rings. The van der Waals surface area contributed by atoms with E-state index in [1.54, 1.807) is 31.2 Å². The third kappa shape index (κ3) is 5.70. The average molecular weight is 373 g/mol. The van der Waals surface area contributed by atoms with Crippen LogP contribution in [0.5, 0.6) is 0 Å². The predicted molar refractivity (Wildman–Crippen MR) is 100 cm³/mol. The third-order valence-electron chi connectivity index (χ3n) is 4.30. The molecule has 0 saturated carbocycles. The molecule has 1 amide bonds. The second kappa shape index (κ2) is 9.38. The minimum absolute atomic E-state index is 0.244. The van der Waals surface area contributed by atoms with Crippen molar-refractivity contribution in [1.82, 2.24) is 20.2 Å². The van der Waals surface area contributed by atoms with E-state index in [1.165, 1.54) is 6.07 Å². The Morgan fingerprint density at radius 3 is 2.81 bits per heavy atom. The lowest BCUT2D eigenvalue weighted by Crippen LogP contribution is -2.41. The molecule has 1 aromatic heterocycles. The molecule has 1 aliphatic rings. The summed E-state index contributed by atoms with van der Waals surface area (Å²) in [5.74, 6) is -0.238. The summed E-state index contributed by atoms with van der Waals surface area (Å²) in [5.41, 5.74) is 1.47. The molecule has 27 heavy (non-hydrogen) atoms. The van der Waals surface area contributed by atoms with Crippen molar-refractivity contribution in [3.63, 3.8) is 0 Å². The second-order valence-corrected chi connectivity index (χ2v) is 6.37. The van der Waals surface area contributed by atoms with E-state index >= 15 is 0 Å². The molecule has 144 valence electrons. The van der Waals surface area contributed by atoms with Gasteiger partial charge in [-0.3, -0.25) is 9.69 Å². The van der Waals surface area contributed by atoms with Crippen molar-refractivity contribution in [1.29, 1.82) is 0 Å². The van der Waals surface area contributed by atoms with Crippen LogP contribution in [0.2, 0.25) is 0 Å². The molecule has 7 nitrogen and oxygen atoms in total. The number of anilines is 1. The van der Waals surface area contributed by atoms with E-state index in [0.29, 0.717) is 29.4 Å². The Balaban J connectivity index is 1.55. The molecule has 2 heterocycles. The van der Waals surface area contributed by atoms with Gasteiger partial charge in [0.15, 0.2) is 0 Å². The maximum atomic E-state index is 13.7. The zero-order chi connectivity index (χ0) is 19.1. The van der Waals surface area contributed by atoms with Crippen molar-refractivity contribution in [2.75, 3.05) is 44.7 Å². The summed E-state index contributed by atoms with van der Waals surface area (Å²) in [7, 11) is 0. The number of hydrogen-bond donors (Lipinski definition) is 2. The number of rotatable bonds is 7. The minimum Gasteiger partial charge on any atom is -0.379 e. The summed E-state index contributed by atoms with van der Waals surface area (Å²) in [6, 6.07) is 8.14. The van der Waals surface area contributed by atoms with Gasteiger partial charge in [0.2, 0.25) is 5.95 Å². The SMILES string of the molecule is Cc1cc(C(=O)NCCN2CCOCC2)nc(NCc2ccccc2F)n1. The highest BCUT2D eigenvalue weighted by Crippen LogP contribution is 2.10. The highest BCUT2D eigenvalue weighted by molar-refractivity contribution is 5.92. The number of hydrogen-bond acceptors (Lipinski definition) is 6. The number of aryl methyl sites for hydroxylation is 1. The Hall–Kier alpha value is -2.58. The molecule has 0 radical (unpaired) electrons. The minimum atomic E-state index is -0.293. The maximum absolute atomic E-state index is 13.7. The van der Waals surface area contributed by atoms with Gasteiger partial charge in [0.05, 0.1) is 13.2 Å². The van der Waals surface area contributed by atoms with Crippen molar-refractivity contribution < 1.29 is 13.9 Å². The number of halogens is 1. The molecule has 1 aliphatic heterocycles. The van der Waals surface area contributed by atoms with Gasteiger partial charge in [-0.05, 0) is 19.1 Å². The largest absolute Gasteiger partial charge is 0.379 e. The average Bonchev–Trinajstić information content (AvgIpc) is 2.68. The normalized spacial score (nSPS) is 14.7. The maximum Gasteiger partial charge on any atom is 0.270 e. The molecular weight excluding hydrogens is 349 g/mol. The third-order valence-corrected chi connectivity index (χ3v) is 4.30. The van der Waals surface area contributed by atoms with Crippen LogP contribution in [0.25, 0.3) is 0 Å². The quantitative estimate of drug-likeness (QED) is 0.768. The van der Waals surface area contributed by atoms with Crippen LogP contribution in [-0.4, -0.2) is 60.2 Å². The van der Waals surface area contributed by atoms with Gasteiger partial charge in [-0.2, -0.15) is 0 Å². The number of benzene rings is 1. The van der Waals surface area contributed by atoms with Gasteiger partial charge in [0, 0.05) is 44.0 Å². The molecule has 2 N–H and O–H groups in total. The van der Waals surface area contributed by atoms with E-state index in [1.807, 2.05) is 0 Å². The van der Waals surface area contributed by atoms with Crippen LogP contribution in [0.3, 0.4) is 0 Å². The Bertz CT molecular complexity index is 780. The smallest absolute Gasteiger partial charge is 0.270 e. The molecule has 1 saturated heterocycles. The zero-order valence-electron chi connectivity index (χ0n) is 15.4. The van der Waals surface area contributed by atoms with E-state index in [0.717, 1.165) is 32.8 Å². The molecule has 0 spiro atoms. The van der Waals surface area contributed by atoms with Crippen molar-refractivity contribution in [3.05, 3.63) is 53.1 Å². The van der Waals surface area contributed by atoms with Crippen molar-refractivity contribution in [2.24, 2.45) is 0 Å². The highest BCUT2D eigenvalue weighted by Gasteiger charge is 2.13. The summed E-state index contributed by atoms with van der Waals surface area (Å²) in [5, 5.41) is 5.87. The van der Waals surface area contributed by atoms with Gasteiger partial charge in [0.1, 0.15) is 11.5 Å². The van der Waals surface area contributed by atoms with Crippen LogP contribution in [0.15, 0.2) is 30.3 Å². The Morgan fingerprint density at radius 2 is 2.04 bits per heavy atom. The van der Waals surface area contributed by atoms with Crippen molar-refractivity contribution >= 4 is 11.9 Å². The van der Waals surface area contributed by atoms with Crippen LogP contribution < -0.4 is 10.6 Å². The fourth-order valence-electron chi connectivity index (χ4n) is 2.82. The van der Waals surface area contributed by atoms with Gasteiger partial charge in [-0.25, -0.2) is 14.4 Å². The number of nitrogens with one attached hydrogen (secondary N) is 2. The molecular formula is C19H24FN5O2. The standard InChI is InChI=1S/C19H24FN5O2/c1-14-12-17(18(26)21-6-7-25-8-10-27-11-9-25)24-19(23-14)22-13-15-4-2-3-5-16(15)20/h2-5,12H,6-11,13H2,1H3,(H,21,26)(H,22,23,24). The summed E-state index contributed by atoms with van der Waals surface area (Å²) in [4.78, 5) is 23.2. The molecule has 1 aromatic carbocycles. The molecule has 1 fully saturated rings. The number of carbonyl (C=O) groups excluding carboxylic acids is 1. The van der Waals surface area contributed by atoms with Gasteiger partial charge in [-0.1, -0.05) is 18.2 Å². The van der Waals surface area contributed by atoms with Gasteiger partial charge >= 0.3 is 0 Å².